The molecule has 2 heterocycles. The summed E-state index contributed by atoms with van der Waals surface area (Å²) in [5, 5.41) is 1.03. The van der Waals surface area contributed by atoms with Gasteiger partial charge in [0.25, 0.3) is 0 Å². The molecule has 5 nitrogen and oxygen atoms in total. The van der Waals surface area contributed by atoms with Gasteiger partial charge in [-0.15, -0.1) is 0 Å². The molecule has 1 aromatic heterocycles. The maximum absolute atomic E-state index is 11.7. The molecule has 1 saturated heterocycles. The number of nitrogens with zero attached hydrogens (tertiary/aromatic N) is 2. The molecule has 1 aliphatic heterocycles. The number of aromatic nitrogens is 1. The van der Waals surface area contributed by atoms with Crippen molar-refractivity contribution in [2.45, 2.75) is 18.6 Å². The Morgan fingerprint density at radius 1 is 1.40 bits per heavy atom. The van der Waals surface area contributed by atoms with E-state index in [1.165, 1.54) is 0 Å². The van der Waals surface area contributed by atoms with Crippen LogP contribution in [0.3, 0.4) is 0 Å². The molecule has 2 N–H and O–H groups in total. The van der Waals surface area contributed by atoms with E-state index in [1.807, 2.05) is 35.2 Å². The summed E-state index contributed by atoms with van der Waals surface area (Å²) in [6.45, 7) is 0.665. The first kappa shape index (κ1) is 12.9. The minimum atomic E-state index is -0.328. The number of benzene rings is 1. The molecule has 2 aromatic rings. The van der Waals surface area contributed by atoms with E-state index in [0.29, 0.717) is 13.0 Å². The average Bonchev–Trinajstić information content (AvgIpc) is 2.91. The second-order valence-electron chi connectivity index (χ2n) is 5.01. The molecular formula is C15H17N3O2. The van der Waals surface area contributed by atoms with Crippen molar-refractivity contribution in [2.24, 2.45) is 5.73 Å². The maximum Gasteiger partial charge on any atom is 0.240 e. The number of carbonyl (C=O) groups is 1. The van der Waals surface area contributed by atoms with Gasteiger partial charge in [-0.1, -0.05) is 18.2 Å². The zero-order valence-electron chi connectivity index (χ0n) is 11.3. The molecule has 2 atom stereocenters. The number of pyridine rings is 1. The van der Waals surface area contributed by atoms with Gasteiger partial charge in [-0.05, 0) is 12.1 Å². The van der Waals surface area contributed by atoms with Gasteiger partial charge in [0.15, 0.2) is 0 Å². The molecule has 1 aromatic carbocycles. The number of ether oxygens (including phenoxy) is 1. The lowest BCUT2D eigenvalue weighted by Gasteiger charge is -2.25. The Morgan fingerprint density at radius 3 is 2.95 bits per heavy atom. The third kappa shape index (κ3) is 2.10. The van der Waals surface area contributed by atoms with Crippen LogP contribution in [0.25, 0.3) is 10.9 Å². The minimum absolute atomic E-state index is 0.0272. The lowest BCUT2D eigenvalue weighted by molar-refractivity contribution is -0.119. The highest BCUT2D eigenvalue weighted by Gasteiger charge is 2.36. The quantitative estimate of drug-likeness (QED) is 0.914. The number of hydrogen-bond donors (Lipinski definition) is 1. The Balaban J connectivity index is 2.07. The van der Waals surface area contributed by atoms with E-state index in [0.717, 1.165) is 16.6 Å². The van der Waals surface area contributed by atoms with Gasteiger partial charge in [-0.3, -0.25) is 9.78 Å². The summed E-state index contributed by atoms with van der Waals surface area (Å²) < 4.78 is 5.39. The third-order valence-electron chi connectivity index (χ3n) is 3.86. The van der Waals surface area contributed by atoms with E-state index in [-0.39, 0.29) is 18.1 Å². The van der Waals surface area contributed by atoms with Crippen molar-refractivity contribution in [2.75, 3.05) is 18.6 Å². The largest absolute Gasteiger partial charge is 0.380 e. The van der Waals surface area contributed by atoms with Gasteiger partial charge in [-0.25, -0.2) is 0 Å². The van der Waals surface area contributed by atoms with E-state index in [9.17, 15) is 4.79 Å². The van der Waals surface area contributed by atoms with Gasteiger partial charge >= 0.3 is 0 Å². The van der Waals surface area contributed by atoms with Crippen molar-refractivity contribution in [1.82, 2.24) is 4.98 Å². The van der Waals surface area contributed by atoms with Crippen LogP contribution in [-0.2, 0) is 9.53 Å². The second kappa shape index (κ2) is 5.09. The number of amides is 1. The van der Waals surface area contributed by atoms with Crippen LogP contribution in [0.2, 0.25) is 0 Å². The predicted molar refractivity (Wildman–Crippen MR) is 77.5 cm³/mol. The summed E-state index contributed by atoms with van der Waals surface area (Å²) >= 11 is 0. The number of nitrogens with two attached hydrogens (primary N) is 1. The monoisotopic (exact) mass is 271 g/mol. The Bertz CT molecular complexity index is 639. The van der Waals surface area contributed by atoms with Crippen LogP contribution >= 0.6 is 0 Å². The molecule has 5 heteroatoms. The van der Waals surface area contributed by atoms with Crippen molar-refractivity contribution in [3.63, 3.8) is 0 Å². The van der Waals surface area contributed by atoms with Crippen LogP contribution in [0.1, 0.15) is 6.42 Å². The van der Waals surface area contributed by atoms with Crippen molar-refractivity contribution < 1.29 is 9.53 Å². The van der Waals surface area contributed by atoms with Crippen LogP contribution in [-0.4, -0.2) is 36.7 Å². The number of anilines is 1. The fraction of sp³-hybridized carbons (Fsp3) is 0.333. The molecule has 0 radical (unpaired) electrons. The van der Waals surface area contributed by atoms with Gasteiger partial charge in [0.2, 0.25) is 5.91 Å². The van der Waals surface area contributed by atoms with Gasteiger partial charge in [0.05, 0.1) is 11.6 Å². The number of fused-ring (bicyclic) bond motifs is 1. The molecule has 104 valence electrons. The number of carbonyl (C=O) groups excluding carboxylic acids is 1. The van der Waals surface area contributed by atoms with Gasteiger partial charge in [-0.2, -0.15) is 0 Å². The number of primary amides is 1. The normalized spacial score (nSPS) is 22.4. The molecule has 1 aliphatic rings. The highest BCUT2D eigenvalue weighted by atomic mass is 16.5. The number of methoxy groups -OCH3 is 1. The van der Waals surface area contributed by atoms with Crippen molar-refractivity contribution in [3.05, 3.63) is 36.5 Å². The minimum Gasteiger partial charge on any atom is -0.380 e. The molecule has 0 spiro atoms. The molecular weight excluding hydrogens is 254 g/mol. The highest BCUT2D eigenvalue weighted by Crippen LogP contribution is 2.32. The summed E-state index contributed by atoms with van der Waals surface area (Å²) in [7, 11) is 1.66. The van der Waals surface area contributed by atoms with E-state index >= 15 is 0 Å². The third-order valence-corrected chi connectivity index (χ3v) is 3.86. The van der Waals surface area contributed by atoms with Crippen molar-refractivity contribution >= 4 is 22.5 Å². The van der Waals surface area contributed by atoms with Gasteiger partial charge in [0.1, 0.15) is 6.04 Å². The summed E-state index contributed by atoms with van der Waals surface area (Å²) in [5.41, 5.74) is 7.43. The SMILES string of the molecule is CO[C@H]1C[C@@H](C(N)=O)N(c2ccnc3ccccc23)C1. The van der Waals surface area contributed by atoms with Gasteiger partial charge < -0.3 is 15.4 Å². The molecule has 0 saturated carbocycles. The topological polar surface area (TPSA) is 68.5 Å². The van der Waals surface area contributed by atoms with Crippen LogP contribution < -0.4 is 10.6 Å². The molecule has 1 amide bonds. The smallest absolute Gasteiger partial charge is 0.240 e. The Labute approximate surface area is 117 Å². The summed E-state index contributed by atoms with van der Waals surface area (Å²) in [6, 6.07) is 9.49. The first-order valence-electron chi connectivity index (χ1n) is 6.63. The van der Waals surface area contributed by atoms with Crippen LogP contribution in [0.5, 0.6) is 0 Å². The zero-order valence-corrected chi connectivity index (χ0v) is 11.3. The Morgan fingerprint density at radius 2 is 2.20 bits per heavy atom. The number of hydrogen-bond acceptors (Lipinski definition) is 4. The van der Waals surface area contributed by atoms with Crippen molar-refractivity contribution in [1.29, 1.82) is 0 Å². The molecule has 3 rings (SSSR count). The molecule has 20 heavy (non-hydrogen) atoms. The maximum atomic E-state index is 11.7. The Kier molecular flexibility index (Phi) is 3.28. The average molecular weight is 271 g/mol. The van der Waals surface area contributed by atoms with E-state index in [2.05, 4.69) is 4.98 Å². The molecule has 1 fully saturated rings. The first-order valence-corrected chi connectivity index (χ1v) is 6.63. The molecule has 0 bridgehead atoms. The fourth-order valence-electron chi connectivity index (χ4n) is 2.84. The van der Waals surface area contributed by atoms with Gasteiger partial charge in [0, 0.05) is 37.3 Å². The van der Waals surface area contributed by atoms with E-state index < -0.39 is 0 Å². The zero-order chi connectivity index (χ0) is 14.1. The summed E-state index contributed by atoms with van der Waals surface area (Å²) in [5.74, 6) is -0.314. The second-order valence-corrected chi connectivity index (χ2v) is 5.01. The highest BCUT2D eigenvalue weighted by molar-refractivity contribution is 5.94. The van der Waals surface area contributed by atoms with E-state index in [4.69, 9.17) is 10.5 Å². The van der Waals surface area contributed by atoms with Crippen molar-refractivity contribution in [3.8, 4) is 0 Å². The van der Waals surface area contributed by atoms with Crippen LogP contribution in [0.4, 0.5) is 5.69 Å². The number of rotatable bonds is 3. The molecule has 0 unspecified atom stereocenters. The first-order chi connectivity index (χ1) is 9.70. The lowest BCUT2D eigenvalue weighted by Crippen LogP contribution is -2.40. The summed E-state index contributed by atoms with van der Waals surface area (Å²) in [6.07, 6.45) is 2.41. The van der Waals surface area contributed by atoms with Crippen LogP contribution in [0.15, 0.2) is 36.5 Å². The lowest BCUT2D eigenvalue weighted by atomic mass is 10.1. The summed E-state index contributed by atoms with van der Waals surface area (Å²) in [4.78, 5) is 18.1. The number of para-hydroxylation sites is 1. The fourth-order valence-corrected chi connectivity index (χ4v) is 2.84. The van der Waals surface area contributed by atoms with E-state index in [1.54, 1.807) is 13.3 Å². The Hall–Kier alpha value is -2.14. The molecule has 0 aliphatic carbocycles. The van der Waals surface area contributed by atoms with Crippen LogP contribution in [0, 0.1) is 0 Å². The predicted octanol–water partition coefficient (Wildman–Crippen LogP) is 1.31. The standard InChI is InChI=1S/C15H17N3O2/c1-20-10-8-14(15(16)19)18(9-10)13-6-7-17-12-5-3-2-4-11(12)13/h2-7,10,14H,8-9H2,1H3,(H2,16,19)/t10-,14-/m0/s1.